The molecule has 1 saturated heterocycles. The normalized spacial score (nSPS) is 15.2. The van der Waals surface area contributed by atoms with Crippen LogP contribution in [0.2, 0.25) is 0 Å². The molecule has 1 fully saturated rings. The van der Waals surface area contributed by atoms with E-state index in [1.54, 1.807) is 6.26 Å². The van der Waals surface area contributed by atoms with Crippen molar-refractivity contribution < 1.29 is 4.42 Å². The molecule has 0 spiro atoms. The van der Waals surface area contributed by atoms with Gasteiger partial charge in [0.2, 0.25) is 5.89 Å². The van der Waals surface area contributed by atoms with Gasteiger partial charge in [0.25, 0.3) is 0 Å². The third-order valence-corrected chi connectivity index (χ3v) is 5.70. The molecular formula is C21H26IN5OS. The van der Waals surface area contributed by atoms with Crippen LogP contribution in [0.5, 0.6) is 0 Å². The second-order valence-corrected chi connectivity index (χ2v) is 7.79. The molecule has 154 valence electrons. The van der Waals surface area contributed by atoms with Gasteiger partial charge in [0.1, 0.15) is 6.26 Å². The van der Waals surface area contributed by atoms with Crippen molar-refractivity contribution in [3.8, 4) is 11.5 Å². The lowest BCUT2D eigenvalue weighted by molar-refractivity contribution is 0.173. The first-order valence-electron chi connectivity index (χ1n) is 9.52. The third kappa shape index (κ3) is 5.80. The molecule has 2 aromatic heterocycles. The Hall–Kier alpha value is -1.91. The highest BCUT2D eigenvalue weighted by Gasteiger charge is 2.20. The van der Waals surface area contributed by atoms with Crippen molar-refractivity contribution in [1.29, 1.82) is 0 Å². The zero-order valence-corrected chi connectivity index (χ0v) is 19.6. The zero-order chi connectivity index (χ0) is 19.2. The number of rotatable bonds is 5. The van der Waals surface area contributed by atoms with Gasteiger partial charge >= 0.3 is 0 Å². The predicted molar refractivity (Wildman–Crippen MR) is 129 cm³/mol. The van der Waals surface area contributed by atoms with E-state index >= 15 is 0 Å². The minimum Gasteiger partial charge on any atom is -0.444 e. The van der Waals surface area contributed by atoms with E-state index in [0.717, 1.165) is 49.9 Å². The van der Waals surface area contributed by atoms with Crippen molar-refractivity contribution >= 4 is 41.3 Å². The standard InChI is InChI=1S/C21H25N5OS.HI/c1-22-21(26-11-9-25(10-12-26)15-19-8-5-13-28-19)23-14-18-16-27-20(24-18)17-6-3-2-4-7-17;/h2-8,13,16H,9-12,14-15H2,1H3,(H,22,23);1H. The number of aliphatic imine (C=N–C) groups is 1. The number of hydrogen-bond donors (Lipinski definition) is 1. The molecule has 0 amide bonds. The Bertz CT molecular complexity index is 889. The lowest BCUT2D eigenvalue weighted by atomic mass is 10.2. The van der Waals surface area contributed by atoms with Crippen molar-refractivity contribution in [2.75, 3.05) is 33.2 Å². The van der Waals surface area contributed by atoms with Crippen molar-refractivity contribution in [3.05, 3.63) is 64.7 Å². The molecule has 0 unspecified atom stereocenters. The van der Waals surface area contributed by atoms with Crippen LogP contribution < -0.4 is 5.32 Å². The van der Waals surface area contributed by atoms with Gasteiger partial charge in [0, 0.05) is 50.2 Å². The Kier molecular flexibility index (Phi) is 8.08. The van der Waals surface area contributed by atoms with Gasteiger partial charge in [0.05, 0.1) is 12.2 Å². The van der Waals surface area contributed by atoms with E-state index in [0.29, 0.717) is 12.4 Å². The van der Waals surface area contributed by atoms with Crippen molar-refractivity contribution in [2.24, 2.45) is 4.99 Å². The molecule has 3 aromatic rings. The van der Waals surface area contributed by atoms with E-state index in [1.807, 2.05) is 48.7 Å². The summed E-state index contributed by atoms with van der Waals surface area (Å²) >= 11 is 1.83. The number of nitrogens with one attached hydrogen (secondary N) is 1. The van der Waals surface area contributed by atoms with Gasteiger partial charge in [-0.1, -0.05) is 24.3 Å². The van der Waals surface area contributed by atoms with Crippen LogP contribution in [0.1, 0.15) is 10.6 Å². The summed E-state index contributed by atoms with van der Waals surface area (Å²) in [6.07, 6.45) is 1.71. The number of guanidine groups is 1. The van der Waals surface area contributed by atoms with Gasteiger partial charge in [-0.05, 0) is 23.6 Å². The number of oxazole rings is 1. The lowest BCUT2D eigenvalue weighted by Gasteiger charge is -2.36. The Morgan fingerprint density at radius 2 is 1.93 bits per heavy atom. The molecule has 0 radical (unpaired) electrons. The molecule has 0 atom stereocenters. The highest BCUT2D eigenvalue weighted by molar-refractivity contribution is 14.0. The van der Waals surface area contributed by atoms with Gasteiger partial charge in [-0.3, -0.25) is 9.89 Å². The fourth-order valence-corrected chi connectivity index (χ4v) is 4.09. The second-order valence-electron chi connectivity index (χ2n) is 6.75. The molecule has 3 heterocycles. The Balaban J connectivity index is 0.00000240. The maximum Gasteiger partial charge on any atom is 0.226 e. The Morgan fingerprint density at radius 1 is 1.14 bits per heavy atom. The van der Waals surface area contributed by atoms with Crippen LogP contribution in [-0.2, 0) is 13.1 Å². The number of piperazine rings is 1. The van der Waals surface area contributed by atoms with E-state index in [-0.39, 0.29) is 24.0 Å². The largest absolute Gasteiger partial charge is 0.444 e. The quantitative estimate of drug-likeness (QED) is 0.312. The average molecular weight is 523 g/mol. The van der Waals surface area contributed by atoms with Crippen LogP contribution in [0, 0.1) is 0 Å². The van der Waals surface area contributed by atoms with Crippen molar-refractivity contribution in [2.45, 2.75) is 13.1 Å². The minimum absolute atomic E-state index is 0. The topological polar surface area (TPSA) is 56.9 Å². The van der Waals surface area contributed by atoms with Crippen LogP contribution in [0.15, 0.2) is 63.5 Å². The van der Waals surface area contributed by atoms with Crippen LogP contribution in [0.3, 0.4) is 0 Å². The summed E-state index contributed by atoms with van der Waals surface area (Å²) < 4.78 is 5.62. The molecule has 0 bridgehead atoms. The highest BCUT2D eigenvalue weighted by atomic mass is 127. The maximum absolute atomic E-state index is 5.62. The molecule has 0 aliphatic carbocycles. The zero-order valence-electron chi connectivity index (χ0n) is 16.5. The highest BCUT2D eigenvalue weighted by Crippen LogP contribution is 2.18. The summed E-state index contributed by atoms with van der Waals surface area (Å²) in [6, 6.07) is 14.3. The van der Waals surface area contributed by atoms with Gasteiger partial charge in [-0.2, -0.15) is 0 Å². The van der Waals surface area contributed by atoms with E-state index in [9.17, 15) is 0 Å². The molecule has 0 saturated carbocycles. The van der Waals surface area contributed by atoms with Crippen molar-refractivity contribution in [3.63, 3.8) is 0 Å². The van der Waals surface area contributed by atoms with Crippen LogP contribution >= 0.6 is 35.3 Å². The molecule has 8 heteroatoms. The first-order chi connectivity index (χ1) is 13.8. The Labute approximate surface area is 192 Å². The molecule has 1 aliphatic heterocycles. The van der Waals surface area contributed by atoms with Crippen LogP contribution in [0.4, 0.5) is 0 Å². The smallest absolute Gasteiger partial charge is 0.226 e. The molecule has 1 aliphatic rings. The first-order valence-corrected chi connectivity index (χ1v) is 10.4. The predicted octanol–water partition coefficient (Wildman–Crippen LogP) is 3.91. The lowest BCUT2D eigenvalue weighted by Crippen LogP contribution is -2.52. The third-order valence-electron chi connectivity index (χ3n) is 4.84. The number of aromatic nitrogens is 1. The maximum atomic E-state index is 5.62. The SMILES string of the molecule is CN=C(NCc1coc(-c2ccccc2)n1)N1CCN(Cc2cccs2)CC1.I. The minimum atomic E-state index is 0. The van der Waals surface area contributed by atoms with Crippen molar-refractivity contribution in [1.82, 2.24) is 20.1 Å². The number of nitrogens with zero attached hydrogens (tertiary/aromatic N) is 4. The van der Waals surface area contributed by atoms with Gasteiger partial charge < -0.3 is 14.6 Å². The summed E-state index contributed by atoms with van der Waals surface area (Å²) in [5, 5.41) is 5.56. The Morgan fingerprint density at radius 3 is 2.62 bits per heavy atom. The fourth-order valence-electron chi connectivity index (χ4n) is 3.34. The average Bonchev–Trinajstić information content (AvgIpc) is 3.42. The number of hydrogen-bond acceptors (Lipinski definition) is 5. The first kappa shape index (κ1) is 21.8. The van der Waals surface area contributed by atoms with E-state index in [1.165, 1.54) is 4.88 Å². The summed E-state index contributed by atoms with van der Waals surface area (Å²) in [6.45, 7) is 5.66. The molecular weight excluding hydrogens is 497 g/mol. The number of halogens is 1. The fraction of sp³-hybridized carbons (Fsp3) is 0.333. The molecule has 1 aromatic carbocycles. The monoisotopic (exact) mass is 523 g/mol. The number of thiophene rings is 1. The second kappa shape index (κ2) is 10.7. The molecule has 29 heavy (non-hydrogen) atoms. The van der Waals surface area contributed by atoms with E-state index < -0.39 is 0 Å². The van der Waals surface area contributed by atoms with E-state index in [4.69, 9.17) is 4.42 Å². The summed E-state index contributed by atoms with van der Waals surface area (Å²) in [5.74, 6) is 1.56. The summed E-state index contributed by atoms with van der Waals surface area (Å²) in [5.41, 5.74) is 1.86. The van der Waals surface area contributed by atoms with E-state index in [2.05, 4.69) is 42.6 Å². The van der Waals surface area contributed by atoms with Gasteiger partial charge in [-0.25, -0.2) is 4.98 Å². The van der Waals surface area contributed by atoms with Gasteiger partial charge in [0.15, 0.2) is 5.96 Å². The van der Waals surface area contributed by atoms with Gasteiger partial charge in [-0.15, -0.1) is 35.3 Å². The number of benzene rings is 1. The summed E-state index contributed by atoms with van der Waals surface area (Å²) in [7, 11) is 1.83. The summed E-state index contributed by atoms with van der Waals surface area (Å²) in [4.78, 5) is 15.3. The molecule has 1 N–H and O–H groups in total. The molecule has 6 nitrogen and oxygen atoms in total. The molecule has 4 rings (SSSR count). The van der Waals surface area contributed by atoms with Crippen LogP contribution in [0.25, 0.3) is 11.5 Å². The van der Waals surface area contributed by atoms with Crippen LogP contribution in [-0.4, -0.2) is 54.0 Å².